The Morgan fingerprint density at radius 3 is 2.75 bits per heavy atom. The Balaban J connectivity index is 1.97. The third-order valence-corrected chi connectivity index (χ3v) is 4.39. The van der Waals surface area contributed by atoms with Crippen molar-refractivity contribution >= 4 is 28.9 Å². The summed E-state index contributed by atoms with van der Waals surface area (Å²) in [7, 11) is 0. The summed E-state index contributed by atoms with van der Waals surface area (Å²) in [4.78, 5) is 13.6. The normalized spacial score (nSPS) is 21.4. The molecule has 1 aromatic rings. The standard InChI is InChI=1S/C14H17ClN2O3/c15-10-6-9-11(16-14(20)13(9)19)7-12(10)17(4-5-18)8-2-1-3-8/h6-8,13,18-19H,1-5H2,(H,16,20). The number of anilines is 2. The van der Waals surface area contributed by atoms with Crippen LogP contribution in [0.15, 0.2) is 12.1 Å². The van der Waals surface area contributed by atoms with Gasteiger partial charge in [-0.3, -0.25) is 4.79 Å². The summed E-state index contributed by atoms with van der Waals surface area (Å²) < 4.78 is 0. The maximum absolute atomic E-state index is 11.5. The minimum absolute atomic E-state index is 0.0545. The molecule has 20 heavy (non-hydrogen) atoms. The molecule has 0 spiro atoms. The van der Waals surface area contributed by atoms with Gasteiger partial charge >= 0.3 is 0 Å². The fourth-order valence-electron chi connectivity index (χ4n) is 2.78. The Bertz CT molecular complexity index is 545. The predicted molar refractivity (Wildman–Crippen MR) is 77.1 cm³/mol. The summed E-state index contributed by atoms with van der Waals surface area (Å²) in [5.74, 6) is -0.425. The SMILES string of the molecule is O=C1Nc2cc(N(CCO)C3CCC3)c(Cl)cc2C1O. The first kappa shape index (κ1) is 13.7. The van der Waals surface area contributed by atoms with Gasteiger partial charge in [0.05, 0.1) is 17.3 Å². The first-order valence-electron chi connectivity index (χ1n) is 6.81. The lowest BCUT2D eigenvalue weighted by molar-refractivity contribution is -0.123. The number of fused-ring (bicyclic) bond motifs is 1. The molecule has 6 heteroatoms. The molecule has 1 aliphatic carbocycles. The van der Waals surface area contributed by atoms with Crippen molar-refractivity contribution in [2.45, 2.75) is 31.4 Å². The van der Waals surface area contributed by atoms with Crippen molar-refractivity contribution in [3.8, 4) is 0 Å². The molecule has 1 heterocycles. The first-order valence-corrected chi connectivity index (χ1v) is 7.19. The summed E-state index contributed by atoms with van der Waals surface area (Å²) in [6.45, 7) is 0.568. The van der Waals surface area contributed by atoms with Crippen LogP contribution in [0.4, 0.5) is 11.4 Å². The Kier molecular flexibility index (Phi) is 3.58. The van der Waals surface area contributed by atoms with Gasteiger partial charge in [0.2, 0.25) is 0 Å². The van der Waals surface area contributed by atoms with E-state index in [2.05, 4.69) is 10.2 Å². The smallest absolute Gasteiger partial charge is 0.257 e. The lowest BCUT2D eigenvalue weighted by Crippen LogP contribution is -2.42. The van der Waals surface area contributed by atoms with E-state index in [0.717, 1.165) is 18.5 Å². The summed E-state index contributed by atoms with van der Waals surface area (Å²) >= 11 is 6.30. The lowest BCUT2D eigenvalue weighted by Gasteiger charge is -2.39. The number of amides is 1. The molecule has 1 aromatic carbocycles. The van der Waals surface area contributed by atoms with E-state index in [1.54, 1.807) is 12.1 Å². The number of benzene rings is 1. The fourth-order valence-corrected chi connectivity index (χ4v) is 3.06. The second-order valence-corrected chi connectivity index (χ2v) is 5.69. The van der Waals surface area contributed by atoms with Crippen LogP contribution in [-0.2, 0) is 4.79 Å². The molecule has 1 saturated carbocycles. The zero-order valence-electron chi connectivity index (χ0n) is 11.0. The van der Waals surface area contributed by atoms with E-state index in [1.165, 1.54) is 6.42 Å². The number of hydrogen-bond acceptors (Lipinski definition) is 4. The molecule has 1 amide bonds. The molecule has 1 unspecified atom stereocenters. The Hall–Kier alpha value is -1.30. The molecule has 0 aromatic heterocycles. The van der Waals surface area contributed by atoms with Crippen LogP contribution in [0.5, 0.6) is 0 Å². The minimum atomic E-state index is -1.15. The minimum Gasteiger partial charge on any atom is -0.395 e. The van der Waals surface area contributed by atoms with Crippen LogP contribution in [0.2, 0.25) is 5.02 Å². The maximum Gasteiger partial charge on any atom is 0.257 e. The molecule has 3 N–H and O–H groups in total. The molecule has 0 saturated heterocycles. The van der Waals surface area contributed by atoms with Crippen LogP contribution in [-0.4, -0.2) is 35.3 Å². The van der Waals surface area contributed by atoms with Crippen molar-refractivity contribution in [2.24, 2.45) is 0 Å². The number of carbonyl (C=O) groups is 1. The van der Waals surface area contributed by atoms with Gasteiger partial charge in [-0.25, -0.2) is 0 Å². The third kappa shape index (κ3) is 2.16. The van der Waals surface area contributed by atoms with Gasteiger partial charge in [-0.05, 0) is 31.4 Å². The van der Waals surface area contributed by atoms with Crippen LogP contribution in [0.25, 0.3) is 0 Å². The van der Waals surface area contributed by atoms with Gasteiger partial charge in [0.15, 0.2) is 6.10 Å². The molecule has 5 nitrogen and oxygen atoms in total. The topological polar surface area (TPSA) is 72.8 Å². The van der Waals surface area contributed by atoms with Crippen LogP contribution in [0.3, 0.4) is 0 Å². The van der Waals surface area contributed by atoms with E-state index in [1.807, 2.05) is 0 Å². The number of aliphatic hydroxyl groups is 2. The number of hydrogen-bond donors (Lipinski definition) is 3. The number of nitrogens with zero attached hydrogens (tertiary/aromatic N) is 1. The highest BCUT2D eigenvalue weighted by Crippen LogP contribution is 2.41. The monoisotopic (exact) mass is 296 g/mol. The molecular weight excluding hydrogens is 280 g/mol. The predicted octanol–water partition coefficient (Wildman–Crippen LogP) is 1.68. The average Bonchev–Trinajstić information content (AvgIpc) is 2.62. The lowest BCUT2D eigenvalue weighted by atomic mass is 9.91. The van der Waals surface area contributed by atoms with Crippen molar-refractivity contribution in [3.63, 3.8) is 0 Å². The Labute approximate surface area is 122 Å². The summed E-state index contributed by atoms with van der Waals surface area (Å²) in [6, 6.07) is 3.82. The number of halogens is 1. The molecule has 0 radical (unpaired) electrons. The van der Waals surface area contributed by atoms with Crippen molar-refractivity contribution in [1.29, 1.82) is 0 Å². The van der Waals surface area contributed by atoms with Gasteiger partial charge in [-0.15, -0.1) is 0 Å². The quantitative estimate of drug-likeness (QED) is 0.790. The molecule has 108 valence electrons. The highest BCUT2D eigenvalue weighted by Gasteiger charge is 2.32. The summed E-state index contributed by atoms with van der Waals surface area (Å²) in [5, 5.41) is 22.1. The van der Waals surface area contributed by atoms with Crippen LogP contribution < -0.4 is 10.2 Å². The van der Waals surface area contributed by atoms with Crippen LogP contribution in [0.1, 0.15) is 30.9 Å². The van der Waals surface area contributed by atoms with Gasteiger partial charge in [0.1, 0.15) is 0 Å². The van der Waals surface area contributed by atoms with Gasteiger partial charge in [0, 0.05) is 23.8 Å². The van der Waals surface area contributed by atoms with E-state index in [9.17, 15) is 15.0 Å². The number of carbonyl (C=O) groups excluding carboxylic acids is 1. The second-order valence-electron chi connectivity index (χ2n) is 5.28. The fraction of sp³-hybridized carbons (Fsp3) is 0.500. The van der Waals surface area contributed by atoms with E-state index in [0.29, 0.717) is 28.9 Å². The summed E-state index contributed by atoms with van der Waals surface area (Å²) in [5.41, 5.74) is 1.92. The van der Waals surface area contributed by atoms with Crippen LogP contribution in [0, 0.1) is 0 Å². The third-order valence-electron chi connectivity index (χ3n) is 4.09. The van der Waals surface area contributed by atoms with Gasteiger partial charge in [0.25, 0.3) is 5.91 Å². The number of aliphatic hydroxyl groups excluding tert-OH is 2. The van der Waals surface area contributed by atoms with Crippen LogP contribution >= 0.6 is 11.6 Å². The van der Waals surface area contributed by atoms with Gasteiger partial charge in [-0.1, -0.05) is 11.6 Å². The van der Waals surface area contributed by atoms with Gasteiger partial charge < -0.3 is 20.4 Å². The van der Waals surface area contributed by atoms with Crippen molar-refractivity contribution < 1.29 is 15.0 Å². The van der Waals surface area contributed by atoms with Crippen molar-refractivity contribution in [3.05, 3.63) is 22.7 Å². The maximum atomic E-state index is 11.5. The molecule has 3 rings (SSSR count). The number of rotatable bonds is 4. The Morgan fingerprint density at radius 1 is 1.40 bits per heavy atom. The van der Waals surface area contributed by atoms with E-state index in [4.69, 9.17) is 11.6 Å². The second kappa shape index (κ2) is 5.24. The van der Waals surface area contributed by atoms with Gasteiger partial charge in [-0.2, -0.15) is 0 Å². The molecular formula is C14H17ClN2O3. The average molecular weight is 297 g/mol. The highest BCUT2D eigenvalue weighted by molar-refractivity contribution is 6.33. The number of nitrogens with one attached hydrogen (secondary N) is 1. The molecule has 1 atom stereocenters. The van der Waals surface area contributed by atoms with Crippen molar-refractivity contribution in [2.75, 3.05) is 23.4 Å². The summed E-state index contributed by atoms with van der Waals surface area (Å²) in [6.07, 6.45) is 2.21. The molecule has 1 aliphatic heterocycles. The van der Waals surface area contributed by atoms with Crippen molar-refractivity contribution in [1.82, 2.24) is 0 Å². The van der Waals surface area contributed by atoms with E-state index < -0.39 is 12.0 Å². The molecule has 0 bridgehead atoms. The largest absolute Gasteiger partial charge is 0.395 e. The highest BCUT2D eigenvalue weighted by atomic mass is 35.5. The van der Waals surface area contributed by atoms with E-state index in [-0.39, 0.29) is 6.61 Å². The zero-order valence-corrected chi connectivity index (χ0v) is 11.7. The molecule has 2 aliphatic rings. The molecule has 1 fully saturated rings. The Morgan fingerprint density at radius 2 is 2.15 bits per heavy atom. The first-order chi connectivity index (χ1) is 9.61. The zero-order chi connectivity index (χ0) is 14.3. The van der Waals surface area contributed by atoms with E-state index >= 15 is 0 Å².